The SMILES string of the molecule is CCC(CC)CCN1CCc2nc(OCC(F)(F)F)sc2CC1. The van der Waals surface area contributed by atoms with Gasteiger partial charge in [0, 0.05) is 24.4 Å². The molecule has 132 valence electrons. The summed E-state index contributed by atoms with van der Waals surface area (Å²) in [4.78, 5) is 7.77. The zero-order valence-corrected chi connectivity index (χ0v) is 14.6. The van der Waals surface area contributed by atoms with Crippen LogP contribution in [0.4, 0.5) is 13.2 Å². The first-order valence-electron chi connectivity index (χ1n) is 8.31. The van der Waals surface area contributed by atoms with Crippen molar-refractivity contribution in [2.45, 2.75) is 52.1 Å². The van der Waals surface area contributed by atoms with Crippen molar-refractivity contribution in [2.24, 2.45) is 5.92 Å². The van der Waals surface area contributed by atoms with Crippen LogP contribution >= 0.6 is 11.3 Å². The number of nitrogens with zero attached hydrogens (tertiary/aromatic N) is 2. The zero-order valence-electron chi connectivity index (χ0n) is 13.8. The van der Waals surface area contributed by atoms with E-state index < -0.39 is 12.8 Å². The Morgan fingerprint density at radius 1 is 1.22 bits per heavy atom. The topological polar surface area (TPSA) is 25.4 Å². The third-order valence-corrected chi connectivity index (χ3v) is 5.52. The van der Waals surface area contributed by atoms with Crippen molar-refractivity contribution in [3.05, 3.63) is 10.6 Å². The smallest absolute Gasteiger partial charge is 0.422 e. The van der Waals surface area contributed by atoms with E-state index in [4.69, 9.17) is 4.74 Å². The molecular weight excluding hydrogens is 325 g/mol. The molecule has 1 aromatic heterocycles. The summed E-state index contributed by atoms with van der Waals surface area (Å²) < 4.78 is 41.4. The normalized spacial score (nSPS) is 16.4. The van der Waals surface area contributed by atoms with Crippen LogP contribution in [0.2, 0.25) is 0 Å². The predicted molar refractivity (Wildman–Crippen MR) is 86.2 cm³/mol. The van der Waals surface area contributed by atoms with E-state index in [1.54, 1.807) is 0 Å². The second-order valence-corrected chi connectivity index (χ2v) is 7.11. The first-order valence-corrected chi connectivity index (χ1v) is 9.13. The van der Waals surface area contributed by atoms with Gasteiger partial charge in [-0.2, -0.15) is 13.2 Å². The lowest BCUT2D eigenvalue weighted by Gasteiger charge is -2.22. The van der Waals surface area contributed by atoms with Gasteiger partial charge in [0.1, 0.15) is 0 Å². The van der Waals surface area contributed by atoms with Gasteiger partial charge >= 0.3 is 6.18 Å². The van der Waals surface area contributed by atoms with E-state index in [1.165, 1.54) is 30.6 Å². The average Bonchev–Trinajstić information content (AvgIpc) is 2.80. The van der Waals surface area contributed by atoms with E-state index in [9.17, 15) is 13.2 Å². The van der Waals surface area contributed by atoms with Crippen molar-refractivity contribution >= 4 is 11.3 Å². The first-order chi connectivity index (χ1) is 10.9. The van der Waals surface area contributed by atoms with Gasteiger partial charge in [0.05, 0.1) is 5.69 Å². The van der Waals surface area contributed by atoms with Crippen molar-refractivity contribution in [1.29, 1.82) is 0 Å². The van der Waals surface area contributed by atoms with E-state index in [-0.39, 0.29) is 5.19 Å². The summed E-state index contributed by atoms with van der Waals surface area (Å²) in [6.45, 7) is 6.18. The molecule has 0 spiro atoms. The number of halogens is 3. The number of thiazole rings is 1. The molecule has 0 unspecified atom stereocenters. The summed E-state index contributed by atoms with van der Waals surface area (Å²) in [6.07, 6.45) is 0.997. The molecule has 2 rings (SSSR count). The molecule has 23 heavy (non-hydrogen) atoms. The Morgan fingerprint density at radius 2 is 1.91 bits per heavy atom. The highest BCUT2D eigenvalue weighted by molar-refractivity contribution is 7.13. The van der Waals surface area contributed by atoms with Crippen molar-refractivity contribution in [2.75, 3.05) is 26.2 Å². The Kier molecular flexibility index (Phi) is 6.71. The lowest BCUT2D eigenvalue weighted by atomic mass is 9.99. The highest BCUT2D eigenvalue weighted by Gasteiger charge is 2.29. The van der Waals surface area contributed by atoms with Crippen LogP contribution in [0.1, 0.15) is 43.7 Å². The Hall–Kier alpha value is -0.820. The van der Waals surface area contributed by atoms with Gasteiger partial charge in [0.2, 0.25) is 0 Å². The van der Waals surface area contributed by atoms with Crippen LogP contribution in [-0.4, -0.2) is 42.3 Å². The Bertz CT molecular complexity index is 461. The van der Waals surface area contributed by atoms with Gasteiger partial charge in [-0.3, -0.25) is 0 Å². The largest absolute Gasteiger partial charge is 0.460 e. The van der Waals surface area contributed by atoms with Gasteiger partial charge in [-0.05, 0) is 25.3 Å². The minimum atomic E-state index is -4.31. The van der Waals surface area contributed by atoms with Crippen molar-refractivity contribution in [1.82, 2.24) is 9.88 Å². The van der Waals surface area contributed by atoms with E-state index in [2.05, 4.69) is 23.7 Å². The van der Waals surface area contributed by atoms with Gasteiger partial charge in [-0.15, -0.1) is 0 Å². The van der Waals surface area contributed by atoms with Crippen molar-refractivity contribution < 1.29 is 17.9 Å². The summed E-state index contributed by atoms with van der Waals surface area (Å²) in [5.41, 5.74) is 0.914. The van der Waals surface area contributed by atoms with Crippen LogP contribution in [0.25, 0.3) is 0 Å². The summed E-state index contributed by atoms with van der Waals surface area (Å²) >= 11 is 1.26. The number of hydrogen-bond acceptors (Lipinski definition) is 4. The molecule has 0 aromatic carbocycles. The Labute approximate surface area is 139 Å². The first kappa shape index (κ1) is 18.5. The number of ether oxygens (including phenoxy) is 1. The summed E-state index contributed by atoms with van der Waals surface area (Å²) in [5.74, 6) is 0.785. The molecule has 7 heteroatoms. The van der Waals surface area contributed by atoms with Crippen molar-refractivity contribution in [3.8, 4) is 5.19 Å². The molecule has 1 aromatic rings. The molecular formula is C16H25F3N2OS. The molecule has 0 radical (unpaired) electrons. The fourth-order valence-electron chi connectivity index (χ4n) is 2.88. The molecule has 1 aliphatic rings. The van der Waals surface area contributed by atoms with Gasteiger partial charge in [0.15, 0.2) is 6.61 Å². The van der Waals surface area contributed by atoms with Crippen LogP contribution in [0.5, 0.6) is 5.19 Å². The summed E-state index contributed by atoms with van der Waals surface area (Å²) in [5, 5.41) is 0.151. The van der Waals surface area contributed by atoms with Gasteiger partial charge in [-0.1, -0.05) is 38.0 Å². The monoisotopic (exact) mass is 350 g/mol. The standard InChI is InChI=1S/C16H25F3N2OS/c1-3-12(4-2)5-8-21-9-6-13-14(7-10-21)23-15(20-13)22-11-16(17,18)19/h12H,3-11H2,1-2H3. The van der Waals surface area contributed by atoms with Crippen LogP contribution < -0.4 is 4.74 Å². The second kappa shape index (κ2) is 8.33. The van der Waals surface area contributed by atoms with E-state index >= 15 is 0 Å². The third-order valence-electron chi connectivity index (χ3n) is 4.45. The number of fused-ring (bicyclic) bond motifs is 1. The molecule has 0 amide bonds. The average molecular weight is 350 g/mol. The van der Waals surface area contributed by atoms with E-state index in [0.29, 0.717) is 0 Å². The fourth-order valence-corrected chi connectivity index (χ4v) is 3.82. The highest BCUT2D eigenvalue weighted by Crippen LogP contribution is 2.29. The number of alkyl halides is 3. The molecule has 0 fully saturated rings. The predicted octanol–water partition coefficient (Wildman–Crippen LogP) is 4.31. The summed E-state index contributed by atoms with van der Waals surface area (Å²) in [7, 11) is 0. The van der Waals surface area contributed by atoms with Crippen LogP contribution in [0.15, 0.2) is 0 Å². The maximum Gasteiger partial charge on any atom is 0.422 e. The van der Waals surface area contributed by atoms with E-state index in [1.807, 2.05) is 0 Å². The van der Waals surface area contributed by atoms with E-state index in [0.717, 1.165) is 49.0 Å². The van der Waals surface area contributed by atoms with Crippen LogP contribution in [0, 0.1) is 5.92 Å². The maximum absolute atomic E-state index is 12.2. The number of rotatable bonds is 7. The fraction of sp³-hybridized carbons (Fsp3) is 0.812. The molecule has 1 aliphatic heterocycles. The molecule has 2 heterocycles. The quantitative estimate of drug-likeness (QED) is 0.733. The summed E-state index contributed by atoms with van der Waals surface area (Å²) in [6, 6.07) is 0. The van der Waals surface area contributed by atoms with Crippen LogP contribution in [0.3, 0.4) is 0 Å². The molecule has 0 saturated heterocycles. The Morgan fingerprint density at radius 3 is 2.57 bits per heavy atom. The molecule has 0 N–H and O–H groups in total. The maximum atomic E-state index is 12.2. The lowest BCUT2D eigenvalue weighted by Crippen LogP contribution is -2.28. The van der Waals surface area contributed by atoms with Crippen molar-refractivity contribution in [3.63, 3.8) is 0 Å². The highest BCUT2D eigenvalue weighted by atomic mass is 32.1. The van der Waals surface area contributed by atoms with Gasteiger partial charge in [-0.25, -0.2) is 4.98 Å². The minimum Gasteiger partial charge on any atom is -0.460 e. The molecule has 0 bridgehead atoms. The van der Waals surface area contributed by atoms with Crippen LogP contribution in [-0.2, 0) is 12.8 Å². The second-order valence-electron chi connectivity index (χ2n) is 6.07. The van der Waals surface area contributed by atoms with Gasteiger partial charge < -0.3 is 9.64 Å². The number of hydrogen-bond donors (Lipinski definition) is 0. The molecule has 0 atom stereocenters. The lowest BCUT2D eigenvalue weighted by molar-refractivity contribution is -0.153. The van der Waals surface area contributed by atoms with Gasteiger partial charge in [0.25, 0.3) is 5.19 Å². The molecule has 3 nitrogen and oxygen atoms in total. The Balaban J connectivity index is 1.84. The minimum absolute atomic E-state index is 0.151. The third kappa shape index (κ3) is 5.95. The number of aromatic nitrogens is 1. The molecule has 0 saturated carbocycles. The zero-order chi connectivity index (χ0) is 16.9. The molecule has 0 aliphatic carbocycles.